The summed E-state index contributed by atoms with van der Waals surface area (Å²) in [4.78, 5) is 15.2. The molecule has 10 heterocycles. The fourth-order valence-electron chi connectivity index (χ4n) is 5.62. The highest BCUT2D eigenvalue weighted by atomic mass is 32.1. The van der Waals surface area contributed by atoms with Crippen molar-refractivity contribution in [3.05, 3.63) is 176 Å². The first-order valence-corrected chi connectivity index (χ1v) is 28.3. The van der Waals surface area contributed by atoms with Gasteiger partial charge in [-0.2, -0.15) is 4.39 Å². The minimum absolute atomic E-state index is 0.184. The number of nitrogens with one attached hydrogen (secondary N) is 3. The van der Waals surface area contributed by atoms with Crippen LogP contribution in [-0.2, 0) is 6.42 Å². The molecule has 0 radical (unpaired) electrons. The van der Waals surface area contributed by atoms with Crippen LogP contribution in [0.1, 0.15) is 112 Å². The molecule has 368 valence electrons. The molecular weight excluding hydrogens is 938 g/mol. The zero-order valence-corrected chi connectivity index (χ0v) is 46.7. The Hall–Kier alpha value is -5.17. The molecule has 0 aliphatic carbocycles. The van der Waals surface area contributed by atoms with E-state index >= 15 is 0 Å². The van der Waals surface area contributed by atoms with Gasteiger partial charge >= 0.3 is 0 Å². The van der Waals surface area contributed by atoms with Crippen molar-refractivity contribution in [1.29, 1.82) is 0 Å². The van der Waals surface area contributed by atoms with Crippen molar-refractivity contribution in [2.75, 3.05) is 0 Å². The van der Waals surface area contributed by atoms with Gasteiger partial charge in [0.15, 0.2) is 5.13 Å². The summed E-state index contributed by atoms with van der Waals surface area (Å²) in [5.74, 6) is 1.67. The third-order valence-corrected chi connectivity index (χ3v) is 12.8. The third-order valence-electron chi connectivity index (χ3n) is 8.50. The van der Waals surface area contributed by atoms with Crippen LogP contribution in [0.4, 0.5) is 4.39 Å². The quantitative estimate of drug-likeness (QED) is 0.126. The molecule has 0 bridgehead atoms. The van der Waals surface area contributed by atoms with E-state index < -0.39 is 0 Å². The molecule has 0 saturated heterocycles. The monoisotopic (exact) mass is 1010 g/mol. The molecule has 68 heavy (non-hydrogen) atoms. The van der Waals surface area contributed by atoms with Crippen molar-refractivity contribution in [2.24, 2.45) is 0 Å². The van der Waals surface area contributed by atoms with Crippen LogP contribution in [0.2, 0.25) is 0 Å². The van der Waals surface area contributed by atoms with Gasteiger partial charge in [-0.1, -0.05) is 107 Å². The Bertz CT molecular complexity index is 2300. The number of furan rings is 2. The Morgan fingerprint density at radius 2 is 1.01 bits per heavy atom. The molecule has 11 heteroatoms. The molecule has 10 rings (SSSR count). The summed E-state index contributed by atoms with van der Waals surface area (Å²) < 4.78 is 22.8. The standard InChI is InChI=1S/C13H17NS.C9H9NS.C9H8OS.C8H5FOS.C8H7NS.5C2H6/c1-2-3-4-6-11-8-9-12(14-11)13-7-5-10-15-13;1-7-4-5-8(10-7)9-3-2-6-11-9;1-7-5-8(6-11-7)9-3-2-4-10-9;9-8-4-6(5-11-8)7-2-1-3-10-7;1-3-7(9-5-1)8-4-2-6-10-8;5*1-2/h5,7-10,14H,2-4,6H2,1H3;2-6,10H,1H3;2-6H,1H3;1-5H;1-6,9H;5*1-2H3. The van der Waals surface area contributed by atoms with Crippen molar-refractivity contribution >= 4 is 56.7 Å². The lowest BCUT2D eigenvalue weighted by Gasteiger charge is -1.96. The van der Waals surface area contributed by atoms with E-state index in [9.17, 15) is 4.39 Å². The molecule has 0 saturated carbocycles. The van der Waals surface area contributed by atoms with Gasteiger partial charge in [0.05, 0.1) is 44.2 Å². The summed E-state index contributed by atoms with van der Waals surface area (Å²) in [6, 6.07) is 36.4. The van der Waals surface area contributed by atoms with E-state index in [1.165, 1.54) is 85.3 Å². The van der Waals surface area contributed by atoms with Crippen LogP contribution >= 0.6 is 56.7 Å². The number of unbranched alkanes of at least 4 members (excludes halogenated alkanes) is 2. The highest BCUT2D eigenvalue weighted by Gasteiger charge is 2.04. The lowest BCUT2D eigenvalue weighted by Crippen LogP contribution is -1.85. The van der Waals surface area contributed by atoms with Crippen molar-refractivity contribution < 1.29 is 13.2 Å². The van der Waals surface area contributed by atoms with Gasteiger partial charge in [0.2, 0.25) is 0 Å². The summed E-state index contributed by atoms with van der Waals surface area (Å²) in [5, 5.41) is 9.94. The van der Waals surface area contributed by atoms with Crippen LogP contribution in [0.15, 0.2) is 164 Å². The van der Waals surface area contributed by atoms with Crippen LogP contribution in [0.5, 0.6) is 0 Å². The van der Waals surface area contributed by atoms with Gasteiger partial charge in [0, 0.05) is 44.3 Å². The first-order valence-electron chi connectivity index (χ1n) is 23.9. The van der Waals surface area contributed by atoms with Crippen LogP contribution in [0.3, 0.4) is 0 Å². The number of aromatic nitrogens is 3. The number of aryl methyl sites for hydroxylation is 3. The number of H-pyrrole nitrogens is 3. The number of rotatable bonds is 9. The average molecular weight is 1010 g/mol. The molecule has 5 nitrogen and oxygen atoms in total. The number of hydrogen-bond acceptors (Lipinski definition) is 7. The second-order valence-corrected chi connectivity index (χ2v) is 17.8. The highest BCUT2D eigenvalue weighted by Crippen LogP contribution is 2.27. The second kappa shape index (κ2) is 38.8. The first-order chi connectivity index (χ1) is 33.4. The number of aromatic amines is 3. The molecule has 0 unspecified atom stereocenters. The maximum atomic E-state index is 12.5. The van der Waals surface area contributed by atoms with Crippen molar-refractivity contribution in [2.45, 2.75) is 116 Å². The van der Waals surface area contributed by atoms with Gasteiger partial charge in [-0.3, -0.25) is 0 Å². The summed E-state index contributed by atoms with van der Waals surface area (Å²) in [6.45, 7) is 26.4. The third kappa shape index (κ3) is 22.8. The Morgan fingerprint density at radius 3 is 1.41 bits per heavy atom. The molecule has 0 aliphatic rings. The summed E-state index contributed by atoms with van der Waals surface area (Å²) in [5.41, 5.74) is 8.25. The largest absolute Gasteiger partial charge is 0.464 e. The van der Waals surface area contributed by atoms with E-state index in [0.717, 1.165) is 22.7 Å². The van der Waals surface area contributed by atoms with Crippen LogP contribution in [0.25, 0.3) is 54.4 Å². The van der Waals surface area contributed by atoms with Gasteiger partial charge in [-0.05, 0) is 134 Å². The minimum atomic E-state index is -0.184. The number of hydrogen-bond donors (Lipinski definition) is 3. The molecule has 10 aromatic heterocycles. The molecule has 0 aromatic carbocycles. The maximum Gasteiger partial charge on any atom is 0.177 e. The Balaban J connectivity index is 0.000000408. The van der Waals surface area contributed by atoms with Gasteiger partial charge in [0.25, 0.3) is 0 Å². The van der Waals surface area contributed by atoms with Crippen molar-refractivity contribution in [1.82, 2.24) is 15.0 Å². The van der Waals surface area contributed by atoms with Crippen LogP contribution < -0.4 is 0 Å². The van der Waals surface area contributed by atoms with Gasteiger partial charge in [0.1, 0.15) is 11.5 Å². The van der Waals surface area contributed by atoms with Crippen molar-refractivity contribution in [3.8, 4) is 54.4 Å². The Labute approximate surface area is 428 Å². The highest BCUT2D eigenvalue weighted by molar-refractivity contribution is 7.14. The molecule has 3 N–H and O–H groups in total. The smallest absolute Gasteiger partial charge is 0.177 e. The number of halogens is 1. The maximum absolute atomic E-state index is 12.5. The zero-order valence-electron chi connectivity index (χ0n) is 42.6. The Kier molecular flexibility index (Phi) is 34.7. The summed E-state index contributed by atoms with van der Waals surface area (Å²) in [6.07, 6.45) is 10.3. The predicted molar refractivity (Wildman–Crippen MR) is 306 cm³/mol. The molecule has 0 spiro atoms. The normalized spacial score (nSPS) is 9.26. The van der Waals surface area contributed by atoms with E-state index in [0.29, 0.717) is 5.76 Å². The lowest BCUT2D eigenvalue weighted by atomic mass is 10.2. The fourth-order valence-corrected chi connectivity index (χ4v) is 9.06. The first kappa shape index (κ1) is 60.8. The molecule has 0 amide bonds. The topological polar surface area (TPSA) is 73.7 Å². The molecule has 0 atom stereocenters. The SMILES string of the molecule is CC.CC.CC.CC.CC.CCCCCc1ccc(-c2cccs2)[nH]1.Cc1cc(-c2ccco2)cs1.Cc1ccc(-c2cccs2)[nH]1.Fc1cc(-c2ccco2)cs1.c1c[nH]c(-c2cccs2)c1. The van der Waals surface area contributed by atoms with E-state index in [4.69, 9.17) is 8.83 Å². The fraction of sp³-hybridized carbons (Fsp3) is 0.298. The Morgan fingerprint density at radius 1 is 0.500 bits per heavy atom. The summed E-state index contributed by atoms with van der Waals surface area (Å²) >= 11 is 8.11. The molecule has 0 aliphatic heterocycles. The minimum Gasteiger partial charge on any atom is -0.464 e. The van der Waals surface area contributed by atoms with E-state index in [1.54, 1.807) is 69.3 Å². The molecular formula is C57H76FN3O2S5. The summed E-state index contributed by atoms with van der Waals surface area (Å²) in [7, 11) is 0. The molecule has 0 fully saturated rings. The second-order valence-electron chi connectivity index (χ2n) is 13.0. The number of thiophene rings is 5. The zero-order chi connectivity index (χ0) is 50.4. The van der Waals surface area contributed by atoms with Gasteiger partial charge in [-0.25, -0.2) is 0 Å². The van der Waals surface area contributed by atoms with Gasteiger partial charge < -0.3 is 23.8 Å². The average Bonchev–Trinajstić information content (AvgIpc) is 4.22. The lowest BCUT2D eigenvalue weighted by molar-refractivity contribution is 0.581. The van der Waals surface area contributed by atoms with Crippen molar-refractivity contribution in [3.63, 3.8) is 0 Å². The van der Waals surface area contributed by atoms with Gasteiger partial charge in [-0.15, -0.1) is 56.7 Å². The van der Waals surface area contributed by atoms with Crippen LogP contribution in [0, 0.1) is 19.0 Å². The van der Waals surface area contributed by atoms with E-state index in [2.05, 4.69) is 130 Å². The van der Waals surface area contributed by atoms with E-state index in [1.807, 2.05) is 99.7 Å². The van der Waals surface area contributed by atoms with Crippen LogP contribution in [-0.4, -0.2) is 15.0 Å². The molecule has 10 aromatic rings. The van der Waals surface area contributed by atoms with E-state index in [-0.39, 0.29) is 5.13 Å². The predicted octanol–water partition coefficient (Wildman–Crippen LogP) is 21.9.